The summed E-state index contributed by atoms with van der Waals surface area (Å²) in [5.74, 6) is -0.914. The topological polar surface area (TPSA) is 130 Å². The zero-order chi connectivity index (χ0) is 20.9. The van der Waals surface area contributed by atoms with E-state index < -0.39 is 31.1 Å². The van der Waals surface area contributed by atoms with Crippen molar-refractivity contribution in [3.8, 4) is 0 Å². The molecule has 0 bridgehead atoms. The van der Waals surface area contributed by atoms with Crippen LogP contribution in [0, 0.1) is 0 Å². The SMILES string of the molecule is CON1CCC2(CC1)NC(=O)C(c1cc(S(C)(=O)=O)ccc1S(C)(=O)=O)=C2O. The molecule has 1 amide bonds. The monoisotopic (exact) mass is 430 g/mol. The summed E-state index contributed by atoms with van der Waals surface area (Å²) in [5, 5.41) is 15.4. The summed E-state index contributed by atoms with van der Waals surface area (Å²) >= 11 is 0. The number of piperidine rings is 1. The number of nitrogens with one attached hydrogen (secondary N) is 1. The van der Waals surface area contributed by atoms with Crippen LogP contribution in [0.4, 0.5) is 0 Å². The molecule has 0 unspecified atom stereocenters. The van der Waals surface area contributed by atoms with Crippen LogP contribution in [-0.2, 0) is 29.3 Å². The van der Waals surface area contributed by atoms with Gasteiger partial charge in [-0.15, -0.1) is 0 Å². The number of sulfone groups is 2. The van der Waals surface area contributed by atoms with E-state index in [1.807, 2.05) is 0 Å². The molecule has 2 aliphatic heterocycles. The molecule has 2 aliphatic rings. The van der Waals surface area contributed by atoms with Gasteiger partial charge in [0.05, 0.1) is 22.5 Å². The highest BCUT2D eigenvalue weighted by Gasteiger charge is 2.48. The summed E-state index contributed by atoms with van der Waals surface area (Å²) in [6.45, 7) is 0.910. The number of rotatable bonds is 4. The van der Waals surface area contributed by atoms with Crippen molar-refractivity contribution >= 4 is 31.2 Å². The highest BCUT2D eigenvalue weighted by molar-refractivity contribution is 7.91. The van der Waals surface area contributed by atoms with Crippen molar-refractivity contribution in [2.24, 2.45) is 0 Å². The number of hydrogen-bond acceptors (Lipinski definition) is 8. The van der Waals surface area contributed by atoms with E-state index in [0.29, 0.717) is 25.9 Å². The Morgan fingerprint density at radius 3 is 2.21 bits per heavy atom. The second-order valence-electron chi connectivity index (χ2n) is 7.07. The molecule has 1 aromatic carbocycles. The van der Waals surface area contributed by atoms with Gasteiger partial charge < -0.3 is 15.3 Å². The number of carbonyl (C=O) groups is 1. The van der Waals surface area contributed by atoms with Gasteiger partial charge in [0.25, 0.3) is 5.91 Å². The lowest BCUT2D eigenvalue weighted by atomic mass is 9.86. The van der Waals surface area contributed by atoms with Crippen molar-refractivity contribution in [3.05, 3.63) is 29.5 Å². The van der Waals surface area contributed by atoms with E-state index in [1.54, 1.807) is 5.06 Å². The summed E-state index contributed by atoms with van der Waals surface area (Å²) in [5.41, 5.74) is -1.36. The van der Waals surface area contributed by atoms with Crippen LogP contribution in [0.15, 0.2) is 33.7 Å². The van der Waals surface area contributed by atoms with Gasteiger partial charge in [-0.2, -0.15) is 5.06 Å². The van der Waals surface area contributed by atoms with Crippen molar-refractivity contribution in [1.82, 2.24) is 10.4 Å². The Balaban J connectivity index is 2.20. The molecule has 154 valence electrons. The van der Waals surface area contributed by atoms with Crippen LogP contribution in [0.3, 0.4) is 0 Å². The number of benzene rings is 1. The second-order valence-corrected chi connectivity index (χ2v) is 11.1. The molecule has 3 rings (SSSR count). The lowest BCUT2D eigenvalue weighted by molar-refractivity contribution is -0.152. The predicted octanol–water partition coefficient (Wildman–Crippen LogP) is 0.289. The van der Waals surface area contributed by atoms with Gasteiger partial charge in [0.15, 0.2) is 19.7 Å². The first-order chi connectivity index (χ1) is 12.9. The van der Waals surface area contributed by atoms with Crippen molar-refractivity contribution < 1.29 is 31.6 Å². The number of carbonyl (C=O) groups excluding carboxylic acids is 1. The Hall–Kier alpha value is -1.95. The van der Waals surface area contributed by atoms with Gasteiger partial charge in [-0.25, -0.2) is 16.8 Å². The summed E-state index contributed by atoms with van der Waals surface area (Å²) in [6.07, 6.45) is 2.67. The number of hydrogen-bond donors (Lipinski definition) is 2. The number of nitrogens with zero attached hydrogens (tertiary/aromatic N) is 1. The standard InChI is InChI=1S/C17H22N2O7S2/c1-26-19-8-6-17(7-9-19)15(20)14(16(21)18-17)12-10-11(27(2,22)23)4-5-13(12)28(3,24)25/h4-5,10,20H,6-9H2,1-3H3,(H,18,21). The fourth-order valence-electron chi connectivity index (χ4n) is 3.61. The van der Waals surface area contributed by atoms with Crippen LogP contribution in [0.1, 0.15) is 18.4 Å². The normalized spacial score (nSPS) is 20.6. The van der Waals surface area contributed by atoms with Crippen molar-refractivity contribution in [1.29, 1.82) is 0 Å². The molecule has 1 fully saturated rings. The maximum atomic E-state index is 12.7. The van der Waals surface area contributed by atoms with Gasteiger partial charge >= 0.3 is 0 Å². The second kappa shape index (κ2) is 6.83. The van der Waals surface area contributed by atoms with Crippen LogP contribution in [0.5, 0.6) is 0 Å². The molecule has 11 heteroatoms. The third-order valence-electron chi connectivity index (χ3n) is 5.15. The fourth-order valence-corrected chi connectivity index (χ4v) is 5.13. The molecule has 0 saturated carbocycles. The van der Waals surface area contributed by atoms with E-state index in [4.69, 9.17) is 4.84 Å². The minimum absolute atomic E-state index is 0.119. The summed E-state index contributed by atoms with van der Waals surface area (Å²) in [7, 11) is -5.90. The van der Waals surface area contributed by atoms with Crippen molar-refractivity contribution in [2.75, 3.05) is 32.7 Å². The predicted molar refractivity (Wildman–Crippen MR) is 101 cm³/mol. The van der Waals surface area contributed by atoms with Gasteiger partial charge in [-0.05, 0) is 31.0 Å². The van der Waals surface area contributed by atoms with Gasteiger partial charge in [0.1, 0.15) is 11.3 Å². The van der Waals surface area contributed by atoms with Gasteiger partial charge in [0.2, 0.25) is 0 Å². The summed E-state index contributed by atoms with van der Waals surface area (Å²) in [4.78, 5) is 17.5. The third-order valence-corrected chi connectivity index (χ3v) is 7.42. The summed E-state index contributed by atoms with van der Waals surface area (Å²) in [6, 6.07) is 3.44. The Morgan fingerprint density at radius 1 is 1.11 bits per heavy atom. The Bertz CT molecular complexity index is 1070. The zero-order valence-corrected chi connectivity index (χ0v) is 17.4. The maximum absolute atomic E-state index is 12.7. The number of aliphatic hydroxyl groups is 1. The zero-order valence-electron chi connectivity index (χ0n) is 15.7. The maximum Gasteiger partial charge on any atom is 0.256 e. The van der Waals surface area contributed by atoms with E-state index in [0.717, 1.165) is 24.6 Å². The van der Waals surface area contributed by atoms with Gasteiger partial charge in [0, 0.05) is 31.2 Å². The van der Waals surface area contributed by atoms with E-state index in [-0.39, 0.29) is 26.7 Å². The van der Waals surface area contributed by atoms with Crippen LogP contribution in [-0.4, -0.2) is 71.2 Å². The molecule has 0 radical (unpaired) electrons. The largest absolute Gasteiger partial charge is 0.509 e. The molecule has 1 saturated heterocycles. The lowest BCUT2D eigenvalue weighted by Crippen LogP contribution is -2.52. The van der Waals surface area contributed by atoms with Crippen LogP contribution in [0.25, 0.3) is 5.57 Å². The van der Waals surface area contributed by atoms with Crippen molar-refractivity contribution in [2.45, 2.75) is 28.2 Å². The molecule has 2 N–H and O–H groups in total. The summed E-state index contributed by atoms with van der Waals surface area (Å²) < 4.78 is 48.3. The van der Waals surface area contributed by atoms with E-state index >= 15 is 0 Å². The fraction of sp³-hybridized carbons (Fsp3) is 0.471. The lowest BCUT2D eigenvalue weighted by Gasteiger charge is -2.37. The quantitative estimate of drug-likeness (QED) is 0.697. The van der Waals surface area contributed by atoms with Gasteiger partial charge in [-0.1, -0.05) is 0 Å². The first-order valence-corrected chi connectivity index (χ1v) is 12.3. The molecule has 1 spiro atoms. The smallest absolute Gasteiger partial charge is 0.256 e. The van der Waals surface area contributed by atoms with E-state index in [1.165, 1.54) is 13.2 Å². The molecule has 0 atom stereocenters. The molecule has 1 aromatic rings. The number of amides is 1. The minimum Gasteiger partial charge on any atom is -0.509 e. The van der Waals surface area contributed by atoms with Crippen molar-refractivity contribution in [3.63, 3.8) is 0 Å². The molecule has 2 heterocycles. The Labute approximate surface area is 163 Å². The van der Waals surface area contributed by atoms with Gasteiger partial charge in [-0.3, -0.25) is 4.79 Å². The molecule has 0 aromatic heterocycles. The van der Waals surface area contributed by atoms with E-state index in [2.05, 4.69) is 5.32 Å². The van der Waals surface area contributed by atoms with E-state index in [9.17, 15) is 26.7 Å². The molecule has 28 heavy (non-hydrogen) atoms. The molecular weight excluding hydrogens is 408 g/mol. The van der Waals surface area contributed by atoms with Crippen LogP contribution < -0.4 is 5.32 Å². The first-order valence-electron chi connectivity index (χ1n) is 8.49. The Morgan fingerprint density at radius 2 is 1.71 bits per heavy atom. The highest BCUT2D eigenvalue weighted by Crippen LogP contribution is 2.40. The van der Waals surface area contributed by atoms with Crippen LogP contribution >= 0.6 is 0 Å². The first kappa shape index (κ1) is 20.8. The molecular formula is C17H22N2O7S2. The molecule has 0 aliphatic carbocycles. The average Bonchev–Trinajstić information content (AvgIpc) is 2.83. The minimum atomic E-state index is -3.78. The average molecular weight is 431 g/mol. The third kappa shape index (κ3) is 3.54. The Kier molecular flexibility index (Phi) is 5.07. The number of aliphatic hydroxyl groups excluding tert-OH is 1. The number of hydroxylamine groups is 2. The highest BCUT2D eigenvalue weighted by atomic mass is 32.2. The van der Waals surface area contributed by atoms with Crippen LogP contribution in [0.2, 0.25) is 0 Å². The molecule has 9 nitrogen and oxygen atoms in total.